The molecule has 3 aromatic rings. The van der Waals surface area contributed by atoms with E-state index in [1.165, 1.54) is 20.5 Å². The number of fused-ring (bicyclic) bond motifs is 1. The molecule has 0 spiro atoms. The molecule has 8 nitrogen and oxygen atoms in total. The number of anilines is 2. The Hall–Kier alpha value is -3.63. The van der Waals surface area contributed by atoms with Gasteiger partial charge in [0.1, 0.15) is 28.6 Å². The number of amides is 1. The molecule has 164 valence electrons. The summed E-state index contributed by atoms with van der Waals surface area (Å²) >= 11 is 0. The number of methoxy groups -OCH3 is 2. The van der Waals surface area contributed by atoms with Crippen LogP contribution in [0.4, 0.5) is 24.7 Å². The van der Waals surface area contributed by atoms with Gasteiger partial charge in [-0.2, -0.15) is 18.3 Å². The lowest BCUT2D eigenvalue weighted by Crippen LogP contribution is -2.36. The average Bonchev–Trinajstić information content (AvgIpc) is 3.42. The van der Waals surface area contributed by atoms with E-state index in [4.69, 9.17) is 13.9 Å². The van der Waals surface area contributed by atoms with Crippen LogP contribution in [0.25, 0.3) is 0 Å². The van der Waals surface area contributed by atoms with Crippen molar-refractivity contribution in [2.75, 3.05) is 24.9 Å². The number of rotatable bonds is 5. The second kappa shape index (κ2) is 7.89. The third-order valence-electron chi connectivity index (χ3n) is 5.02. The number of aromatic nitrogens is 2. The summed E-state index contributed by atoms with van der Waals surface area (Å²) in [6.45, 7) is 0. The number of halogens is 3. The van der Waals surface area contributed by atoms with Crippen molar-refractivity contribution in [2.24, 2.45) is 0 Å². The van der Waals surface area contributed by atoms with Gasteiger partial charge in [-0.05, 0) is 24.3 Å². The minimum atomic E-state index is -4.56. The van der Waals surface area contributed by atoms with Crippen LogP contribution in [0.5, 0.6) is 11.5 Å². The van der Waals surface area contributed by atoms with Crippen LogP contribution < -0.4 is 20.1 Å². The molecule has 1 amide bonds. The zero-order valence-electron chi connectivity index (χ0n) is 16.6. The first-order chi connectivity index (χ1) is 14.8. The summed E-state index contributed by atoms with van der Waals surface area (Å²) in [5.74, 6) is 0.476. The average molecular weight is 436 g/mol. The van der Waals surface area contributed by atoms with Crippen LogP contribution >= 0.6 is 0 Å². The fourth-order valence-corrected chi connectivity index (χ4v) is 3.51. The predicted octanol–water partition coefficient (Wildman–Crippen LogP) is 4.41. The summed E-state index contributed by atoms with van der Waals surface area (Å²) in [5, 5.41) is 9.45. The van der Waals surface area contributed by atoms with E-state index in [1.54, 1.807) is 30.3 Å². The van der Waals surface area contributed by atoms with Gasteiger partial charge in [-0.3, -0.25) is 4.79 Å². The first kappa shape index (κ1) is 20.6. The van der Waals surface area contributed by atoms with Gasteiger partial charge in [0.05, 0.1) is 38.4 Å². The molecule has 0 bridgehead atoms. The molecule has 0 radical (unpaired) electrons. The molecular weight excluding hydrogens is 417 g/mol. The van der Waals surface area contributed by atoms with Gasteiger partial charge in [0.25, 0.3) is 5.91 Å². The van der Waals surface area contributed by atoms with Gasteiger partial charge >= 0.3 is 6.18 Å². The maximum Gasteiger partial charge on any atom is 0.410 e. The number of alkyl halides is 3. The molecule has 2 aromatic heterocycles. The van der Waals surface area contributed by atoms with E-state index < -0.39 is 24.2 Å². The highest BCUT2D eigenvalue weighted by Crippen LogP contribution is 2.44. The van der Waals surface area contributed by atoms with Crippen LogP contribution in [0.15, 0.2) is 47.2 Å². The minimum Gasteiger partial charge on any atom is -0.497 e. The van der Waals surface area contributed by atoms with E-state index in [0.29, 0.717) is 22.9 Å². The Bertz CT molecular complexity index is 1080. The Labute approximate surface area is 174 Å². The zero-order chi connectivity index (χ0) is 22.2. The van der Waals surface area contributed by atoms with E-state index in [0.717, 1.165) is 10.9 Å². The van der Waals surface area contributed by atoms with Gasteiger partial charge in [-0.25, -0.2) is 4.68 Å². The van der Waals surface area contributed by atoms with Gasteiger partial charge in [-0.15, -0.1) is 0 Å². The Balaban J connectivity index is 1.69. The summed E-state index contributed by atoms with van der Waals surface area (Å²) < 4.78 is 57.6. The summed E-state index contributed by atoms with van der Waals surface area (Å²) in [6, 6.07) is 5.29. The normalized spacial score (nSPS) is 18.1. The van der Waals surface area contributed by atoms with Crippen LogP contribution in [0.3, 0.4) is 0 Å². The number of hydrogen-bond donors (Lipinski definition) is 2. The summed E-state index contributed by atoms with van der Waals surface area (Å²) in [6.07, 6.45) is -2.39. The molecule has 2 atom stereocenters. The molecule has 1 aliphatic heterocycles. The summed E-state index contributed by atoms with van der Waals surface area (Å²) in [4.78, 5) is 13.0. The third kappa shape index (κ3) is 3.90. The van der Waals surface area contributed by atoms with Crippen molar-refractivity contribution in [2.45, 2.75) is 24.7 Å². The number of hydrogen-bond acceptors (Lipinski definition) is 6. The van der Waals surface area contributed by atoms with Crippen molar-refractivity contribution in [1.29, 1.82) is 0 Å². The van der Waals surface area contributed by atoms with Gasteiger partial charge in [0.15, 0.2) is 6.04 Å². The monoisotopic (exact) mass is 436 g/mol. The van der Waals surface area contributed by atoms with Gasteiger partial charge in [0, 0.05) is 12.5 Å². The minimum absolute atomic E-state index is 0.0459. The van der Waals surface area contributed by atoms with E-state index in [-0.39, 0.29) is 17.8 Å². The van der Waals surface area contributed by atoms with Gasteiger partial charge in [-0.1, -0.05) is 0 Å². The maximum absolute atomic E-state index is 13.7. The van der Waals surface area contributed by atoms with Crippen molar-refractivity contribution in [3.63, 3.8) is 0 Å². The first-order valence-corrected chi connectivity index (χ1v) is 9.29. The number of nitrogens with one attached hydrogen (secondary N) is 2. The van der Waals surface area contributed by atoms with Crippen molar-refractivity contribution < 1.29 is 31.9 Å². The molecule has 2 unspecified atom stereocenters. The van der Waals surface area contributed by atoms with Gasteiger partial charge < -0.3 is 24.5 Å². The molecule has 4 rings (SSSR count). The SMILES string of the molecule is COc1ccc(OC)c(NC(=O)c2cnn3c2NC(c2ccco2)CC3C(F)(F)F)c1. The predicted molar refractivity (Wildman–Crippen MR) is 105 cm³/mol. The van der Waals surface area contributed by atoms with Crippen LogP contribution in [0, 0.1) is 0 Å². The molecule has 0 saturated carbocycles. The largest absolute Gasteiger partial charge is 0.497 e. The molecule has 0 fully saturated rings. The van der Waals surface area contributed by atoms with E-state index >= 15 is 0 Å². The zero-order valence-corrected chi connectivity index (χ0v) is 16.6. The highest BCUT2D eigenvalue weighted by Gasteiger charge is 2.47. The van der Waals surface area contributed by atoms with Crippen molar-refractivity contribution in [1.82, 2.24) is 9.78 Å². The van der Waals surface area contributed by atoms with E-state index in [2.05, 4.69) is 15.7 Å². The number of ether oxygens (including phenoxy) is 2. The number of carbonyl (C=O) groups excluding carboxylic acids is 1. The number of furan rings is 1. The third-order valence-corrected chi connectivity index (χ3v) is 5.02. The quantitative estimate of drug-likeness (QED) is 0.616. The second-order valence-electron chi connectivity index (χ2n) is 6.88. The second-order valence-corrected chi connectivity index (χ2v) is 6.88. The summed E-state index contributed by atoms with van der Waals surface area (Å²) in [7, 11) is 2.90. The number of benzene rings is 1. The molecule has 11 heteroatoms. The smallest absolute Gasteiger partial charge is 0.410 e. The van der Waals surface area contributed by atoms with Crippen molar-refractivity contribution >= 4 is 17.4 Å². The number of nitrogens with zero attached hydrogens (tertiary/aromatic N) is 2. The Morgan fingerprint density at radius 1 is 1.29 bits per heavy atom. The van der Waals surface area contributed by atoms with Crippen molar-refractivity contribution in [3.8, 4) is 11.5 Å². The molecule has 1 aliphatic rings. The summed E-state index contributed by atoms with van der Waals surface area (Å²) in [5.41, 5.74) is 0.257. The molecule has 31 heavy (non-hydrogen) atoms. The Kier molecular flexibility index (Phi) is 5.25. The lowest BCUT2D eigenvalue weighted by molar-refractivity contribution is -0.174. The Morgan fingerprint density at radius 3 is 2.74 bits per heavy atom. The number of carbonyl (C=O) groups is 1. The first-order valence-electron chi connectivity index (χ1n) is 9.29. The lowest BCUT2D eigenvalue weighted by Gasteiger charge is -2.32. The molecule has 3 heterocycles. The van der Waals surface area contributed by atoms with E-state index in [9.17, 15) is 18.0 Å². The fourth-order valence-electron chi connectivity index (χ4n) is 3.51. The maximum atomic E-state index is 13.7. The van der Waals surface area contributed by atoms with Crippen LogP contribution in [-0.4, -0.2) is 36.1 Å². The fraction of sp³-hybridized carbons (Fsp3) is 0.300. The molecule has 0 saturated heterocycles. The van der Waals surface area contributed by atoms with Crippen molar-refractivity contribution in [3.05, 3.63) is 54.1 Å². The molecule has 2 N–H and O–H groups in total. The lowest BCUT2D eigenvalue weighted by atomic mass is 10.0. The molecular formula is C20H19F3N4O4. The standard InChI is InChI=1S/C20H19F3N4O4/c1-29-11-5-6-15(30-2)13(8-11)26-19(28)12-10-24-27-17(20(21,22)23)9-14(25-18(12)27)16-4-3-7-31-16/h3-8,10,14,17,25H,9H2,1-2H3,(H,26,28). The van der Waals surface area contributed by atoms with Crippen LogP contribution in [-0.2, 0) is 0 Å². The van der Waals surface area contributed by atoms with Gasteiger partial charge in [0.2, 0.25) is 0 Å². The van der Waals surface area contributed by atoms with Crippen LogP contribution in [0.2, 0.25) is 0 Å². The molecule has 1 aromatic carbocycles. The Morgan fingerprint density at radius 2 is 2.10 bits per heavy atom. The van der Waals surface area contributed by atoms with E-state index in [1.807, 2.05) is 0 Å². The highest BCUT2D eigenvalue weighted by atomic mass is 19.4. The van der Waals surface area contributed by atoms with Crippen LogP contribution in [0.1, 0.15) is 34.6 Å². The highest BCUT2D eigenvalue weighted by molar-refractivity contribution is 6.08. The molecule has 0 aliphatic carbocycles. The topological polar surface area (TPSA) is 90.5 Å².